The molecule has 0 aromatic carbocycles. The number of alkyl halides is 1. The number of rotatable bonds is 5. The van der Waals surface area contributed by atoms with Crippen LogP contribution in [0.4, 0.5) is 4.39 Å². The molecule has 2 rings (SSSR count). The zero-order valence-corrected chi connectivity index (χ0v) is 11.2. The summed E-state index contributed by atoms with van der Waals surface area (Å²) in [6.45, 7) is 2.49. The summed E-state index contributed by atoms with van der Waals surface area (Å²) < 4.78 is 12.4. The average Bonchev–Trinajstić information content (AvgIpc) is 2.90. The minimum atomic E-state index is -0.224. The number of hydrogen-bond acceptors (Lipinski definition) is 3. The number of hydrogen-bond donors (Lipinski definition) is 1. The third-order valence-corrected chi connectivity index (χ3v) is 4.21. The Morgan fingerprint density at radius 3 is 2.89 bits per heavy atom. The topological polar surface area (TPSA) is 32.3 Å². The predicted molar refractivity (Wildman–Crippen MR) is 71.3 cm³/mol. The van der Waals surface area contributed by atoms with Gasteiger partial charge in [-0.05, 0) is 43.3 Å². The van der Waals surface area contributed by atoms with Crippen molar-refractivity contribution in [3.63, 3.8) is 0 Å². The minimum absolute atomic E-state index is 0.0575. The quantitative estimate of drug-likeness (QED) is 0.888. The Morgan fingerprint density at radius 1 is 1.50 bits per heavy atom. The molecule has 1 aliphatic heterocycles. The SMILES string of the molecule is O=C(CN1CCC(CF)CC1)NCc1cccs1. The van der Waals surface area contributed by atoms with E-state index in [1.807, 2.05) is 17.5 Å². The van der Waals surface area contributed by atoms with Crippen molar-refractivity contribution in [2.24, 2.45) is 5.92 Å². The summed E-state index contributed by atoms with van der Waals surface area (Å²) in [4.78, 5) is 15.0. The van der Waals surface area contributed by atoms with Gasteiger partial charge in [-0.15, -0.1) is 11.3 Å². The van der Waals surface area contributed by atoms with E-state index in [-0.39, 0.29) is 18.5 Å². The van der Waals surface area contributed by atoms with Crippen molar-refractivity contribution < 1.29 is 9.18 Å². The van der Waals surface area contributed by atoms with Crippen LogP contribution in [-0.2, 0) is 11.3 Å². The Kier molecular flexibility index (Phi) is 5.13. The maximum absolute atomic E-state index is 12.4. The number of piperidine rings is 1. The van der Waals surface area contributed by atoms with E-state index < -0.39 is 0 Å². The van der Waals surface area contributed by atoms with Gasteiger partial charge in [0.1, 0.15) is 0 Å². The molecule has 0 radical (unpaired) electrons. The van der Waals surface area contributed by atoms with Crippen molar-refractivity contribution in [3.05, 3.63) is 22.4 Å². The molecule has 100 valence electrons. The molecule has 0 spiro atoms. The van der Waals surface area contributed by atoms with E-state index in [9.17, 15) is 9.18 Å². The van der Waals surface area contributed by atoms with Crippen LogP contribution in [-0.4, -0.2) is 37.1 Å². The van der Waals surface area contributed by atoms with Gasteiger partial charge >= 0.3 is 0 Å². The normalized spacial score (nSPS) is 17.8. The van der Waals surface area contributed by atoms with Crippen LogP contribution in [0.15, 0.2) is 17.5 Å². The van der Waals surface area contributed by atoms with Crippen LogP contribution in [0.5, 0.6) is 0 Å². The van der Waals surface area contributed by atoms with E-state index >= 15 is 0 Å². The van der Waals surface area contributed by atoms with E-state index in [0.717, 1.165) is 25.9 Å². The lowest BCUT2D eigenvalue weighted by Crippen LogP contribution is -2.41. The van der Waals surface area contributed by atoms with Gasteiger partial charge in [0.25, 0.3) is 0 Å². The molecule has 1 aliphatic rings. The van der Waals surface area contributed by atoms with E-state index in [1.165, 1.54) is 4.88 Å². The summed E-state index contributed by atoms with van der Waals surface area (Å²) in [7, 11) is 0. The zero-order valence-electron chi connectivity index (χ0n) is 10.4. The molecule has 1 saturated heterocycles. The molecular formula is C13H19FN2OS. The zero-order chi connectivity index (χ0) is 12.8. The highest BCUT2D eigenvalue weighted by molar-refractivity contribution is 7.09. The Balaban J connectivity index is 1.65. The fraction of sp³-hybridized carbons (Fsp3) is 0.615. The lowest BCUT2D eigenvalue weighted by molar-refractivity contribution is -0.122. The molecule has 18 heavy (non-hydrogen) atoms. The molecule has 1 amide bonds. The summed E-state index contributed by atoms with van der Waals surface area (Å²) in [6, 6.07) is 3.99. The molecule has 3 nitrogen and oxygen atoms in total. The average molecular weight is 270 g/mol. The van der Waals surface area contributed by atoms with E-state index in [0.29, 0.717) is 13.1 Å². The number of likely N-dealkylation sites (tertiary alicyclic amines) is 1. The summed E-state index contributed by atoms with van der Waals surface area (Å²) in [6.07, 6.45) is 1.74. The van der Waals surface area contributed by atoms with E-state index in [1.54, 1.807) is 11.3 Å². The lowest BCUT2D eigenvalue weighted by atomic mass is 9.98. The van der Waals surface area contributed by atoms with Crippen LogP contribution in [0.3, 0.4) is 0 Å². The van der Waals surface area contributed by atoms with Crippen LogP contribution >= 0.6 is 11.3 Å². The number of halogens is 1. The second-order valence-corrected chi connectivity index (χ2v) is 5.76. The first-order valence-electron chi connectivity index (χ1n) is 6.35. The van der Waals surface area contributed by atoms with Gasteiger partial charge in [-0.1, -0.05) is 6.07 Å². The Hall–Kier alpha value is -0.940. The van der Waals surface area contributed by atoms with Crippen molar-refractivity contribution in [2.45, 2.75) is 19.4 Å². The maximum Gasteiger partial charge on any atom is 0.234 e. The molecule has 0 bridgehead atoms. The standard InChI is InChI=1S/C13H19FN2OS/c14-8-11-3-5-16(6-4-11)10-13(17)15-9-12-2-1-7-18-12/h1-2,7,11H,3-6,8-10H2,(H,15,17). The van der Waals surface area contributed by atoms with Gasteiger partial charge in [-0.2, -0.15) is 0 Å². The third-order valence-electron chi connectivity index (χ3n) is 3.33. The summed E-state index contributed by atoms with van der Waals surface area (Å²) in [5.41, 5.74) is 0. The molecule has 1 aromatic heterocycles. The highest BCUT2D eigenvalue weighted by atomic mass is 32.1. The molecule has 1 aromatic rings. The van der Waals surface area contributed by atoms with Crippen molar-refractivity contribution in [2.75, 3.05) is 26.3 Å². The number of nitrogens with one attached hydrogen (secondary N) is 1. The van der Waals surface area contributed by atoms with E-state index in [4.69, 9.17) is 0 Å². The molecule has 1 fully saturated rings. The maximum atomic E-state index is 12.4. The van der Waals surface area contributed by atoms with Crippen LogP contribution < -0.4 is 5.32 Å². The summed E-state index contributed by atoms with van der Waals surface area (Å²) in [5, 5.41) is 4.92. The molecule has 0 unspecified atom stereocenters. The third kappa shape index (κ3) is 4.07. The molecule has 5 heteroatoms. The highest BCUT2D eigenvalue weighted by Crippen LogP contribution is 2.17. The Labute approximate surface area is 111 Å². The van der Waals surface area contributed by atoms with Crippen LogP contribution in [0.2, 0.25) is 0 Å². The van der Waals surface area contributed by atoms with Gasteiger partial charge in [0.05, 0.1) is 19.8 Å². The van der Waals surface area contributed by atoms with Crippen molar-refractivity contribution >= 4 is 17.2 Å². The van der Waals surface area contributed by atoms with Gasteiger partial charge in [0.2, 0.25) is 5.91 Å². The minimum Gasteiger partial charge on any atom is -0.350 e. The molecule has 0 aliphatic carbocycles. The van der Waals surface area contributed by atoms with Crippen molar-refractivity contribution in [3.8, 4) is 0 Å². The molecule has 0 atom stereocenters. The van der Waals surface area contributed by atoms with Gasteiger partial charge in [0.15, 0.2) is 0 Å². The highest BCUT2D eigenvalue weighted by Gasteiger charge is 2.20. The fourth-order valence-electron chi connectivity index (χ4n) is 2.16. The number of carbonyl (C=O) groups is 1. The smallest absolute Gasteiger partial charge is 0.234 e. The Morgan fingerprint density at radius 2 is 2.28 bits per heavy atom. The second-order valence-electron chi connectivity index (χ2n) is 4.73. The number of thiophene rings is 1. The lowest BCUT2D eigenvalue weighted by Gasteiger charge is -2.29. The van der Waals surface area contributed by atoms with Crippen molar-refractivity contribution in [1.29, 1.82) is 0 Å². The molecular weight excluding hydrogens is 251 g/mol. The first kappa shape index (κ1) is 13.5. The van der Waals surface area contributed by atoms with Crippen LogP contribution in [0.1, 0.15) is 17.7 Å². The van der Waals surface area contributed by atoms with Crippen LogP contribution in [0.25, 0.3) is 0 Å². The van der Waals surface area contributed by atoms with Gasteiger partial charge in [-0.3, -0.25) is 14.1 Å². The van der Waals surface area contributed by atoms with Crippen molar-refractivity contribution in [1.82, 2.24) is 10.2 Å². The fourth-order valence-corrected chi connectivity index (χ4v) is 2.80. The summed E-state index contributed by atoms with van der Waals surface area (Å²) in [5.74, 6) is 0.262. The number of carbonyl (C=O) groups excluding carboxylic acids is 1. The second kappa shape index (κ2) is 6.85. The molecule has 2 heterocycles. The monoisotopic (exact) mass is 270 g/mol. The molecule has 0 saturated carbocycles. The largest absolute Gasteiger partial charge is 0.350 e. The van der Waals surface area contributed by atoms with Gasteiger partial charge < -0.3 is 5.32 Å². The van der Waals surface area contributed by atoms with Crippen LogP contribution in [0, 0.1) is 5.92 Å². The number of nitrogens with zero attached hydrogens (tertiary/aromatic N) is 1. The summed E-state index contributed by atoms with van der Waals surface area (Å²) >= 11 is 1.64. The first-order valence-corrected chi connectivity index (χ1v) is 7.23. The van der Waals surface area contributed by atoms with Gasteiger partial charge in [-0.25, -0.2) is 0 Å². The van der Waals surface area contributed by atoms with E-state index in [2.05, 4.69) is 10.2 Å². The molecule has 1 N–H and O–H groups in total. The van der Waals surface area contributed by atoms with Gasteiger partial charge in [0, 0.05) is 4.88 Å². The predicted octanol–water partition coefficient (Wildman–Crippen LogP) is 2.05. The Bertz CT molecular complexity index is 361. The first-order chi connectivity index (χ1) is 8.78. The number of amides is 1.